The van der Waals surface area contributed by atoms with Gasteiger partial charge >= 0.3 is 18.0 Å². The number of anilines is 1. The standard InChI is InChI=1S/C27H39N5O6.C6H4F2/c1-18(2)24(33)29-21-8-5-7-20(15-21)19-9-13-31(14-10-19)12-6-11-28-26(35)32-16-22(25(34)38-4)23(17-37-3)30-27(32)36;7-5-3-1-2-4-6(5)8/h5,7-8,15,18-19H,6,9-14,16-17H2,1-4H3,(H,28,35)(H,29,33)(H,30,36);1-4H. The van der Waals surface area contributed by atoms with Gasteiger partial charge in [-0.1, -0.05) is 38.1 Å². The predicted molar refractivity (Wildman–Crippen MR) is 169 cm³/mol. The maximum Gasteiger partial charge on any atom is 0.337 e. The lowest BCUT2D eigenvalue weighted by Crippen LogP contribution is -2.54. The molecule has 2 aromatic rings. The summed E-state index contributed by atoms with van der Waals surface area (Å²) in [5, 5.41) is 8.29. The van der Waals surface area contributed by atoms with Gasteiger partial charge in [0.05, 0.1) is 31.5 Å². The second-order valence-electron chi connectivity index (χ2n) is 11.3. The highest BCUT2D eigenvalue weighted by molar-refractivity contribution is 6.00. The van der Waals surface area contributed by atoms with Crippen LogP contribution in [0.5, 0.6) is 0 Å². The number of nitrogens with one attached hydrogen (secondary N) is 3. The van der Waals surface area contributed by atoms with Gasteiger partial charge in [0.2, 0.25) is 5.91 Å². The number of ether oxygens (including phenoxy) is 2. The minimum atomic E-state index is -0.799. The molecule has 2 aliphatic heterocycles. The highest BCUT2D eigenvalue weighted by atomic mass is 19.2. The molecular formula is C33H43F2N5O6. The Morgan fingerprint density at radius 2 is 1.70 bits per heavy atom. The first kappa shape index (κ1) is 36.1. The van der Waals surface area contributed by atoms with Crippen LogP contribution in [0.15, 0.2) is 59.8 Å². The molecule has 0 saturated carbocycles. The van der Waals surface area contributed by atoms with Crippen molar-refractivity contribution >= 4 is 29.6 Å². The average Bonchev–Trinajstić information content (AvgIpc) is 3.05. The summed E-state index contributed by atoms with van der Waals surface area (Å²) in [4.78, 5) is 52.4. The van der Waals surface area contributed by atoms with E-state index in [0.717, 1.165) is 61.6 Å². The fourth-order valence-electron chi connectivity index (χ4n) is 5.02. The summed E-state index contributed by atoms with van der Waals surface area (Å²) in [6.45, 7) is 6.74. The van der Waals surface area contributed by atoms with E-state index in [4.69, 9.17) is 9.47 Å². The number of hydrogen-bond acceptors (Lipinski definition) is 7. The van der Waals surface area contributed by atoms with Crippen LogP contribution < -0.4 is 16.0 Å². The normalized spacial score (nSPS) is 15.5. The Morgan fingerprint density at radius 3 is 2.28 bits per heavy atom. The molecule has 1 fully saturated rings. The van der Waals surface area contributed by atoms with E-state index < -0.39 is 29.7 Å². The van der Waals surface area contributed by atoms with Crippen LogP contribution in [-0.4, -0.2) is 87.3 Å². The van der Waals surface area contributed by atoms with Crippen LogP contribution in [0.1, 0.15) is 44.6 Å². The van der Waals surface area contributed by atoms with Gasteiger partial charge in [0, 0.05) is 25.3 Å². The number of halogens is 2. The molecule has 0 aliphatic carbocycles. The summed E-state index contributed by atoms with van der Waals surface area (Å²) >= 11 is 0. The second kappa shape index (κ2) is 18.0. The van der Waals surface area contributed by atoms with E-state index in [1.54, 1.807) is 0 Å². The van der Waals surface area contributed by atoms with Crippen LogP contribution in [-0.2, 0) is 19.1 Å². The van der Waals surface area contributed by atoms with Gasteiger partial charge in [0.15, 0.2) is 11.6 Å². The molecule has 3 N–H and O–H groups in total. The van der Waals surface area contributed by atoms with Crippen molar-refractivity contribution in [1.29, 1.82) is 0 Å². The fraction of sp³-hybridized carbons (Fsp3) is 0.455. The molecule has 0 aromatic heterocycles. The predicted octanol–water partition coefficient (Wildman–Crippen LogP) is 4.62. The van der Waals surface area contributed by atoms with E-state index in [-0.39, 0.29) is 30.5 Å². The number of urea groups is 2. The third-order valence-corrected chi connectivity index (χ3v) is 7.64. The average molecular weight is 644 g/mol. The van der Waals surface area contributed by atoms with Crippen molar-refractivity contribution in [3.8, 4) is 0 Å². The minimum Gasteiger partial charge on any atom is -0.466 e. The second-order valence-corrected chi connectivity index (χ2v) is 11.3. The fourth-order valence-corrected chi connectivity index (χ4v) is 5.02. The summed E-state index contributed by atoms with van der Waals surface area (Å²) in [5.41, 5.74) is 2.56. The van der Waals surface area contributed by atoms with Crippen molar-refractivity contribution in [3.63, 3.8) is 0 Å². The lowest BCUT2D eigenvalue weighted by molar-refractivity contribution is -0.136. The van der Waals surface area contributed by atoms with Gasteiger partial charge in [-0.15, -0.1) is 0 Å². The van der Waals surface area contributed by atoms with E-state index in [0.29, 0.717) is 18.2 Å². The summed E-state index contributed by atoms with van der Waals surface area (Å²) in [7, 11) is 2.69. The first-order valence-corrected chi connectivity index (χ1v) is 15.2. The number of amides is 5. The number of rotatable bonds is 10. The molecule has 2 aliphatic rings. The molecule has 250 valence electrons. The first-order valence-electron chi connectivity index (χ1n) is 15.2. The molecular weight excluding hydrogens is 600 g/mol. The van der Waals surface area contributed by atoms with Crippen molar-refractivity contribution < 1.29 is 37.4 Å². The molecule has 0 unspecified atom stereocenters. The molecule has 2 aromatic carbocycles. The molecule has 2 heterocycles. The molecule has 1 saturated heterocycles. The van der Waals surface area contributed by atoms with Crippen LogP contribution in [0.25, 0.3) is 0 Å². The Kier molecular flexibility index (Phi) is 14.1. The molecule has 0 atom stereocenters. The highest BCUT2D eigenvalue weighted by Gasteiger charge is 2.33. The van der Waals surface area contributed by atoms with E-state index in [9.17, 15) is 28.0 Å². The summed E-state index contributed by atoms with van der Waals surface area (Å²) < 4.78 is 33.7. The van der Waals surface area contributed by atoms with E-state index in [2.05, 4.69) is 33.0 Å². The quantitative estimate of drug-likeness (QED) is 0.255. The number of piperidine rings is 1. The van der Waals surface area contributed by atoms with Gasteiger partial charge in [-0.05, 0) is 74.6 Å². The molecule has 0 spiro atoms. The Hall–Kier alpha value is -4.36. The monoisotopic (exact) mass is 643 g/mol. The largest absolute Gasteiger partial charge is 0.466 e. The molecule has 0 bridgehead atoms. The minimum absolute atomic E-state index is 0.0150. The van der Waals surface area contributed by atoms with Crippen LogP contribution in [0, 0.1) is 17.6 Å². The number of carbonyl (C=O) groups is 4. The number of likely N-dealkylation sites (tertiary alicyclic amines) is 1. The number of hydrogen-bond donors (Lipinski definition) is 3. The van der Waals surface area contributed by atoms with Gasteiger partial charge in [-0.3, -0.25) is 4.79 Å². The van der Waals surface area contributed by atoms with E-state index in [1.165, 1.54) is 31.9 Å². The zero-order valence-electron chi connectivity index (χ0n) is 26.7. The summed E-state index contributed by atoms with van der Waals surface area (Å²) in [6, 6.07) is 12.0. The van der Waals surface area contributed by atoms with Gasteiger partial charge in [0.1, 0.15) is 0 Å². The SMILES string of the molecule is COCC1=C(C(=O)OC)CN(C(=O)NCCCN2CCC(c3cccc(NC(=O)C(C)C)c3)CC2)C(=O)N1.Fc1ccccc1F. The van der Waals surface area contributed by atoms with E-state index in [1.807, 2.05) is 26.0 Å². The lowest BCUT2D eigenvalue weighted by atomic mass is 9.89. The van der Waals surface area contributed by atoms with Gasteiger partial charge in [-0.2, -0.15) is 0 Å². The smallest absolute Gasteiger partial charge is 0.337 e. The summed E-state index contributed by atoms with van der Waals surface area (Å²) in [5.74, 6) is -1.82. The molecule has 13 heteroatoms. The number of benzene rings is 2. The zero-order chi connectivity index (χ0) is 33.6. The van der Waals surface area contributed by atoms with Gasteiger partial charge in [0.25, 0.3) is 0 Å². The Balaban J connectivity index is 0.000000625. The van der Waals surface area contributed by atoms with Crippen LogP contribution >= 0.6 is 0 Å². The molecule has 11 nitrogen and oxygen atoms in total. The third kappa shape index (κ3) is 10.6. The maximum absolute atomic E-state index is 12.6. The van der Waals surface area contributed by atoms with Gasteiger partial charge in [-0.25, -0.2) is 28.1 Å². The first-order chi connectivity index (χ1) is 22.0. The lowest BCUT2D eigenvalue weighted by Gasteiger charge is -2.32. The van der Waals surface area contributed by atoms with Crippen molar-refractivity contribution in [2.24, 2.45) is 5.92 Å². The molecule has 46 heavy (non-hydrogen) atoms. The Morgan fingerprint density at radius 1 is 1.02 bits per heavy atom. The van der Waals surface area contributed by atoms with Crippen molar-refractivity contribution in [2.75, 3.05) is 58.9 Å². The third-order valence-electron chi connectivity index (χ3n) is 7.64. The topological polar surface area (TPSA) is 129 Å². The Labute approximate surface area is 268 Å². The number of esters is 1. The zero-order valence-corrected chi connectivity index (χ0v) is 26.7. The maximum atomic E-state index is 12.6. The highest BCUT2D eigenvalue weighted by Crippen LogP contribution is 2.29. The number of imide groups is 1. The van der Waals surface area contributed by atoms with Crippen LogP contribution in [0.2, 0.25) is 0 Å². The van der Waals surface area contributed by atoms with E-state index >= 15 is 0 Å². The van der Waals surface area contributed by atoms with Gasteiger partial charge < -0.3 is 30.3 Å². The molecule has 4 rings (SSSR count). The number of nitrogens with zero attached hydrogens (tertiary/aromatic N) is 2. The molecule has 5 amide bonds. The van der Waals surface area contributed by atoms with Crippen molar-refractivity contribution in [3.05, 3.63) is 77.0 Å². The van der Waals surface area contributed by atoms with Crippen molar-refractivity contribution in [2.45, 2.75) is 39.0 Å². The number of carbonyl (C=O) groups excluding carboxylic acids is 4. The number of methoxy groups -OCH3 is 2. The summed E-state index contributed by atoms with van der Waals surface area (Å²) in [6.07, 6.45) is 2.78. The van der Waals surface area contributed by atoms with Crippen LogP contribution in [0.4, 0.5) is 24.1 Å². The Bertz CT molecular complexity index is 1370. The van der Waals surface area contributed by atoms with Crippen LogP contribution in [0.3, 0.4) is 0 Å². The molecule has 0 radical (unpaired) electrons. The van der Waals surface area contributed by atoms with Crippen molar-refractivity contribution in [1.82, 2.24) is 20.4 Å².